The molecule has 2 amide bonds. The van der Waals surface area contributed by atoms with Gasteiger partial charge in [0.1, 0.15) is 11.6 Å². The number of aromatic nitrogens is 1. The lowest BCUT2D eigenvalue weighted by atomic mass is 10.1. The Kier molecular flexibility index (Phi) is 5.11. The molecular formula is C18H20FN3O3. The van der Waals surface area contributed by atoms with E-state index in [0.717, 1.165) is 5.56 Å². The first-order valence-electron chi connectivity index (χ1n) is 8.28. The van der Waals surface area contributed by atoms with Crippen molar-refractivity contribution in [2.75, 3.05) is 26.2 Å². The molecule has 7 heteroatoms. The van der Waals surface area contributed by atoms with Crippen molar-refractivity contribution in [2.24, 2.45) is 0 Å². The molecule has 0 atom stereocenters. The minimum absolute atomic E-state index is 0.0156. The molecule has 1 aromatic carbocycles. The third-order valence-corrected chi connectivity index (χ3v) is 4.25. The van der Waals surface area contributed by atoms with Gasteiger partial charge in [-0.25, -0.2) is 4.39 Å². The van der Waals surface area contributed by atoms with Crippen LogP contribution in [0.1, 0.15) is 28.2 Å². The Balaban J connectivity index is 1.58. The Morgan fingerprint density at radius 3 is 2.48 bits per heavy atom. The van der Waals surface area contributed by atoms with E-state index in [1.807, 2.05) is 0 Å². The van der Waals surface area contributed by atoms with Crippen molar-refractivity contribution in [1.82, 2.24) is 15.0 Å². The van der Waals surface area contributed by atoms with Gasteiger partial charge in [-0.1, -0.05) is 17.3 Å². The van der Waals surface area contributed by atoms with E-state index in [-0.39, 0.29) is 24.1 Å². The minimum atomic E-state index is -0.316. The van der Waals surface area contributed by atoms with Crippen LogP contribution >= 0.6 is 0 Å². The fourth-order valence-electron chi connectivity index (χ4n) is 2.89. The van der Waals surface area contributed by atoms with E-state index in [9.17, 15) is 14.0 Å². The largest absolute Gasteiger partial charge is 0.361 e. The molecule has 3 rings (SSSR count). The molecule has 0 bridgehead atoms. The number of hydrogen-bond donors (Lipinski definition) is 0. The number of aryl methyl sites for hydroxylation is 1. The second-order valence-electron chi connectivity index (χ2n) is 6.15. The van der Waals surface area contributed by atoms with Gasteiger partial charge in [0.15, 0.2) is 5.69 Å². The molecule has 1 aliphatic rings. The molecule has 0 N–H and O–H groups in total. The van der Waals surface area contributed by atoms with Gasteiger partial charge in [0.05, 0.1) is 6.42 Å². The molecule has 0 radical (unpaired) electrons. The zero-order valence-corrected chi connectivity index (χ0v) is 14.1. The second kappa shape index (κ2) is 7.46. The first-order chi connectivity index (χ1) is 12.0. The lowest BCUT2D eigenvalue weighted by molar-refractivity contribution is -0.130. The molecule has 1 saturated heterocycles. The molecule has 132 valence electrons. The Labute approximate surface area is 145 Å². The number of hydrogen-bond acceptors (Lipinski definition) is 4. The summed E-state index contributed by atoms with van der Waals surface area (Å²) in [4.78, 5) is 28.3. The highest BCUT2D eigenvalue weighted by Gasteiger charge is 2.24. The summed E-state index contributed by atoms with van der Waals surface area (Å²) >= 11 is 0. The highest BCUT2D eigenvalue weighted by molar-refractivity contribution is 5.92. The van der Waals surface area contributed by atoms with Gasteiger partial charge in [0.25, 0.3) is 5.91 Å². The normalized spacial score (nSPS) is 15.1. The first kappa shape index (κ1) is 17.1. The number of carbonyl (C=O) groups excluding carboxylic acids is 2. The molecule has 2 aromatic rings. The predicted molar refractivity (Wildman–Crippen MR) is 88.4 cm³/mol. The second-order valence-corrected chi connectivity index (χ2v) is 6.15. The molecule has 0 aliphatic carbocycles. The van der Waals surface area contributed by atoms with E-state index in [1.165, 1.54) is 12.1 Å². The third-order valence-electron chi connectivity index (χ3n) is 4.25. The summed E-state index contributed by atoms with van der Waals surface area (Å²) < 4.78 is 17.9. The van der Waals surface area contributed by atoms with Crippen molar-refractivity contribution in [3.63, 3.8) is 0 Å². The van der Waals surface area contributed by atoms with Gasteiger partial charge in [-0.15, -0.1) is 0 Å². The fourth-order valence-corrected chi connectivity index (χ4v) is 2.89. The van der Waals surface area contributed by atoms with Gasteiger partial charge in [-0.2, -0.15) is 0 Å². The van der Waals surface area contributed by atoms with Crippen LogP contribution in [0.4, 0.5) is 4.39 Å². The number of nitrogens with zero attached hydrogens (tertiary/aromatic N) is 3. The number of carbonyl (C=O) groups is 2. The standard InChI is InChI=1S/C18H20FN3O3/c1-13-11-16(20-25-13)18(24)22-8-2-7-21(9-10-22)17(23)12-14-3-5-15(19)6-4-14/h3-6,11H,2,7-10,12H2,1H3. The van der Waals surface area contributed by atoms with Crippen LogP contribution in [0, 0.1) is 12.7 Å². The highest BCUT2D eigenvalue weighted by Crippen LogP contribution is 2.12. The van der Waals surface area contributed by atoms with Crippen molar-refractivity contribution in [3.05, 3.63) is 53.2 Å². The van der Waals surface area contributed by atoms with Crippen molar-refractivity contribution in [2.45, 2.75) is 19.8 Å². The van der Waals surface area contributed by atoms with E-state index in [1.54, 1.807) is 34.9 Å². The maximum Gasteiger partial charge on any atom is 0.276 e. The molecule has 6 nitrogen and oxygen atoms in total. The van der Waals surface area contributed by atoms with E-state index in [2.05, 4.69) is 5.16 Å². The van der Waals surface area contributed by atoms with E-state index in [0.29, 0.717) is 44.1 Å². The molecule has 0 unspecified atom stereocenters. The zero-order valence-electron chi connectivity index (χ0n) is 14.1. The Bertz CT molecular complexity index is 757. The quantitative estimate of drug-likeness (QED) is 0.854. The van der Waals surface area contributed by atoms with Crippen molar-refractivity contribution in [1.29, 1.82) is 0 Å². The van der Waals surface area contributed by atoms with Crippen LogP contribution in [-0.4, -0.2) is 52.9 Å². The molecule has 0 spiro atoms. The SMILES string of the molecule is Cc1cc(C(=O)N2CCCN(C(=O)Cc3ccc(F)cc3)CC2)no1. The van der Waals surface area contributed by atoms with E-state index < -0.39 is 0 Å². The van der Waals surface area contributed by atoms with Gasteiger partial charge in [0, 0.05) is 32.2 Å². The molecular weight excluding hydrogens is 325 g/mol. The monoisotopic (exact) mass is 345 g/mol. The summed E-state index contributed by atoms with van der Waals surface area (Å²) in [6.07, 6.45) is 0.939. The highest BCUT2D eigenvalue weighted by atomic mass is 19.1. The van der Waals surface area contributed by atoms with Gasteiger partial charge >= 0.3 is 0 Å². The Hall–Kier alpha value is -2.70. The molecule has 1 fully saturated rings. The van der Waals surface area contributed by atoms with Crippen LogP contribution in [0.2, 0.25) is 0 Å². The number of halogens is 1. The summed E-state index contributed by atoms with van der Waals surface area (Å²) in [7, 11) is 0. The zero-order chi connectivity index (χ0) is 17.8. The van der Waals surface area contributed by atoms with Crippen LogP contribution in [0.5, 0.6) is 0 Å². The molecule has 25 heavy (non-hydrogen) atoms. The maximum absolute atomic E-state index is 12.9. The maximum atomic E-state index is 12.9. The van der Waals surface area contributed by atoms with E-state index >= 15 is 0 Å². The van der Waals surface area contributed by atoms with Gasteiger partial charge < -0.3 is 14.3 Å². The Morgan fingerprint density at radius 1 is 1.12 bits per heavy atom. The smallest absolute Gasteiger partial charge is 0.276 e. The number of benzene rings is 1. The number of amides is 2. The molecule has 0 saturated carbocycles. The molecule has 1 aromatic heterocycles. The van der Waals surface area contributed by atoms with Crippen LogP contribution < -0.4 is 0 Å². The summed E-state index contributed by atoms with van der Waals surface area (Å²) in [5.74, 6) is 0.0837. The first-order valence-corrected chi connectivity index (χ1v) is 8.28. The van der Waals surface area contributed by atoms with Gasteiger partial charge in [0.2, 0.25) is 5.91 Å². The number of rotatable bonds is 3. The molecule has 1 aliphatic heterocycles. The predicted octanol–water partition coefficient (Wildman–Crippen LogP) is 2.04. The minimum Gasteiger partial charge on any atom is -0.361 e. The van der Waals surface area contributed by atoms with Crippen LogP contribution in [0.25, 0.3) is 0 Å². The van der Waals surface area contributed by atoms with Crippen molar-refractivity contribution >= 4 is 11.8 Å². The van der Waals surface area contributed by atoms with Crippen molar-refractivity contribution in [3.8, 4) is 0 Å². The fraction of sp³-hybridized carbons (Fsp3) is 0.389. The summed E-state index contributed by atoms with van der Waals surface area (Å²) in [5, 5.41) is 3.76. The topological polar surface area (TPSA) is 66.7 Å². The van der Waals surface area contributed by atoms with Crippen LogP contribution in [0.15, 0.2) is 34.9 Å². The van der Waals surface area contributed by atoms with Crippen molar-refractivity contribution < 1.29 is 18.5 Å². The summed E-state index contributed by atoms with van der Waals surface area (Å²) in [6.45, 7) is 3.84. The third kappa shape index (κ3) is 4.23. The summed E-state index contributed by atoms with van der Waals surface area (Å²) in [5.41, 5.74) is 1.07. The van der Waals surface area contributed by atoms with Gasteiger partial charge in [-0.3, -0.25) is 9.59 Å². The van der Waals surface area contributed by atoms with Crippen LogP contribution in [-0.2, 0) is 11.2 Å². The Morgan fingerprint density at radius 2 is 1.80 bits per heavy atom. The van der Waals surface area contributed by atoms with Gasteiger partial charge in [-0.05, 0) is 31.0 Å². The lowest BCUT2D eigenvalue weighted by Gasteiger charge is -2.21. The average molecular weight is 345 g/mol. The molecule has 2 heterocycles. The summed E-state index contributed by atoms with van der Waals surface area (Å²) in [6, 6.07) is 7.56. The lowest BCUT2D eigenvalue weighted by Crippen LogP contribution is -2.38. The average Bonchev–Trinajstić information content (AvgIpc) is 2.89. The van der Waals surface area contributed by atoms with E-state index in [4.69, 9.17) is 4.52 Å². The van der Waals surface area contributed by atoms with Crippen LogP contribution in [0.3, 0.4) is 0 Å².